The predicted molar refractivity (Wildman–Crippen MR) is 184 cm³/mol. The minimum absolute atomic E-state index is 0.0146. The van der Waals surface area contributed by atoms with Gasteiger partial charge in [-0.15, -0.1) is 0 Å². The molecule has 0 aliphatic heterocycles. The molecule has 0 atom stereocenters. The zero-order valence-electron chi connectivity index (χ0n) is 26.2. The van der Waals surface area contributed by atoms with Crippen molar-refractivity contribution in [1.29, 1.82) is 0 Å². The molecule has 214 valence electrons. The monoisotopic (exact) mass is 570 g/mol. The molecule has 0 saturated carbocycles. The van der Waals surface area contributed by atoms with Crippen LogP contribution in [0.4, 0.5) is 0 Å². The van der Waals surface area contributed by atoms with E-state index in [2.05, 4.69) is 184 Å². The summed E-state index contributed by atoms with van der Waals surface area (Å²) in [4.78, 5) is 0. The van der Waals surface area contributed by atoms with Gasteiger partial charge in [0.05, 0.1) is 20.5 Å². The predicted octanol–water partition coefficient (Wildman–Crippen LogP) is 9.79. The van der Waals surface area contributed by atoms with Crippen LogP contribution < -0.4 is 9.35 Å². The zero-order chi connectivity index (χ0) is 30.4. The molecule has 2 nitrogen and oxygen atoms in total. The fraction of sp³-hybridized carbons (Fsp3) is 0.143. The summed E-state index contributed by atoms with van der Waals surface area (Å²) in [6.45, 7) is 11.3. The Bertz CT molecular complexity index is 2170. The van der Waals surface area contributed by atoms with Crippen LogP contribution in [0.2, 0.25) is 0 Å². The summed E-state index contributed by atoms with van der Waals surface area (Å²) in [5, 5.41) is 5.11. The Hall–Kier alpha value is -5.08. The van der Waals surface area contributed by atoms with Crippen LogP contribution in [0.25, 0.3) is 55.2 Å². The quantitative estimate of drug-likeness (QED) is 0.147. The van der Waals surface area contributed by atoms with Gasteiger partial charge in [0.2, 0.25) is 12.4 Å². The van der Waals surface area contributed by atoms with E-state index in [0.29, 0.717) is 0 Å². The summed E-state index contributed by atoms with van der Waals surface area (Å²) in [5.41, 5.74) is 11.0. The molecule has 2 aromatic heterocycles. The Morgan fingerprint density at radius 1 is 0.455 bits per heavy atom. The van der Waals surface area contributed by atoms with Gasteiger partial charge in [-0.05, 0) is 92.9 Å². The molecule has 0 N–H and O–H groups in total. The van der Waals surface area contributed by atoms with E-state index in [0.717, 1.165) is 11.4 Å². The number of nitrogens with zero attached hydrogens (tertiary/aromatic N) is 2. The third-order valence-electron chi connectivity index (χ3n) is 8.86. The lowest BCUT2D eigenvalue weighted by atomic mass is 9.86. The number of aromatic nitrogens is 2. The van der Waals surface area contributed by atoms with Crippen molar-refractivity contribution >= 4 is 21.5 Å². The van der Waals surface area contributed by atoms with Gasteiger partial charge in [0.15, 0.2) is 0 Å². The molecule has 5 aromatic carbocycles. The lowest BCUT2D eigenvalue weighted by molar-refractivity contribution is -1.29. The van der Waals surface area contributed by atoms with Crippen LogP contribution in [0, 0.1) is 13.8 Å². The maximum absolute atomic E-state index is 2.38. The standard InChI is InChI=1S/C42H38N2/c1-29-18-19-33(31-13-7-6-8-14-31)26-37(29)41-28-35(42(3,4)5)22-24-44(41)43-23-12-11-17-40(43)38-27-34-21-20-32-15-9-10-16-36(32)39(34)25-30(38)2/h6-28H,1-5H3/q+2. The van der Waals surface area contributed by atoms with Gasteiger partial charge in [-0.1, -0.05) is 99.6 Å². The fourth-order valence-electron chi connectivity index (χ4n) is 6.33. The smallest absolute Gasteiger partial charge is 0.0622 e. The van der Waals surface area contributed by atoms with E-state index in [1.807, 2.05) is 0 Å². The first-order valence-electron chi connectivity index (χ1n) is 15.4. The topological polar surface area (TPSA) is 7.76 Å². The van der Waals surface area contributed by atoms with E-state index >= 15 is 0 Å². The molecule has 0 bridgehead atoms. The number of fused-ring (bicyclic) bond motifs is 3. The van der Waals surface area contributed by atoms with Crippen LogP contribution >= 0.6 is 0 Å². The lowest BCUT2D eigenvalue weighted by Crippen LogP contribution is -2.68. The molecule has 0 radical (unpaired) electrons. The highest BCUT2D eigenvalue weighted by molar-refractivity contribution is 6.08. The normalized spacial score (nSPS) is 11.8. The van der Waals surface area contributed by atoms with Gasteiger partial charge in [-0.25, -0.2) is 0 Å². The summed E-state index contributed by atoms with van der Waals surface area (Å²) in [5.74, 6) is 0. The number of hydrogen-bond donors (Lipinski definition) is 0. The molecule has 0 aliphatic carbocycles. The van der Waals surface area contributed by atoms with Crippen molar-refractivity contribution in [2.24, 2.45) is 0 Å². The van der Waals surface area contributed by atoms with Gasteiger partial charge in [-0.2, -0.15) is 0 Å². The van der Waals surface area contributed by atoms with Crippen molar-refractivity contribution < 1.29 is 9.35 Å². The van der Waals surface area contributed by atoms with Crippen LogP contribution in [0.15, 0.2) is 140 Å². The Morgan fingerprint density at radius 3 is 1.98 bits per heavy atom. The van der Waals surface area contributed by atoms with Gasteiger partial charge in [-0.3, -0.25) is 0 Å². The maximum Gasteiger partial charge on any atom is 0.284 e. The highest BCUT2D eigenvalue weighted by atomic mass is 15.4. The lowest BCUT2D eigenvalue weighted by Gasteiger charge is -2.18. The van der Waals surface area contributed by atoms with Crippen LogP contribution in [-0.4, -0.2) is 0 Å². The number of benzene rings is 5. The second-order valence-corrected chi connectivity index (χ2v) is 12.9. The molecular weight excluding hydrogens is 532 g/mol. The minimum Gasteiger partial charge on any atom is -0.0622 e. The highest BCUT2D eigenvalue weighted by Crippen LogP contribution is 2.33. The second kappa shape index (κ2) is 10.9. The Balaban J connectivity index is 1.46. The second-order valence-electron chi connectivity index (χ2n) is 12.9. The van der Waals surface area contributed by atoms with Gasteiger partial charge in [0, 0.05) is 24.3 Å². The fourth-order valence-corrected chi connectivity index (χ4v) is 6.33. The molecule has 7 rings (SSSR count). The highest BCUT2D eigenvalue weighted by Gasteiger charge is 2.31. The zero-order valence-corrected chi connectivity index (χ0v) is 26.2. The molecule has 0 unspecified atom stereocenters. The summed E-state index contributed by atoms with van der Waals surface area (Å²) in [6.07, 6.45) is 4.41. The van der Waals surface area contributed by atoms with E-state index in [-0.39, 0.29) is 5.41 Å². The van der Waals surface area contributed by atoms with E-state index in [4.69, 9.17) is 0 Å². The molecule has 0 amide bonds. The largest absolute Gasteiger partial charge is 0.284 e. The van der Waals surface area contributed by atoms with Crippen molar-refractivity contribution in [3.63, 3.8) is 0 Å². The number of pyridine rings is 2. The Labute approximate surface area is 260 Å². The number of hydrogen-bond acceptors (Lipinski definition) is 0. The van der Waals surface area contributed by atoms with Crippen molar-refractivity contribution in [2.45, 2.75) is 40.0 Å². The van der Waals surface area contributed by atoms with Gasteiger partial charge in [0.1, 0.15) is 0 Å². The molecular formula is C42H38N2+2. The summed E-state index contributed by atoms with van der Waals surface area (Å²) >= 11 is 0. The van der Waals surface area contributed by atoms with Gasteiger partial charge >= 0.3 is 0 Å². The molecule has 0 aliphatic rings. The first-order valence-corrected chi connectivity index (χ1v) is 15.4. The minimum atomic E-state index is 0.0146. The van der Waals surface area contributed by atoms with Gasteiger partial charge in [0.25, 0.3) is 11.4 Å². The van der Waals surface area contributed by atoms with Crippen molar-refractivity contribution in [2.75, 3.05) is 0 Å². The van der Waals surface area contributed by atoms with E-state index in [9.17, 15) is 0 Å². The molecule has 2 heteroatoms. The molecule has 44 heavy (non-hydrogen) atoms. The number of rotatable bonds is 4. The first-order chi connectivity index (χ1) is 21.3. The molecule has 7 aromatic rings. The number of aryl methyl sites for hydroxylation is 2. The Morgan fingerprint density at radius 2 is 1.16 bits per heavy atom. The third kappa shape index (κ3) is 4.97. The molecule has 0 fully saturated rings. The third-order valence-corrected chi connectivity index (χ3v) is 8.86. The molecule has 0 spiro atoms. The average Bonchev–Trinajstić information content (AvgIpc) is 3.04. The van der Waals surface area contributed by atoms with Crippen molar-refractivity contribution in [1.82, 2.24) is 0 Å². The maximum atomic E-state index is 2.38. The Kier molecular flexibility index (Phi) is 6.86. The summed E-state index contributed by atoms with van der Waals surface area (Å²) in [6, 6.07) is 46.5. The van der Waals surface area contributed by atoms with Crippen LogP contribution in [-0.2, 0) is 5.41 Å². The van der Waals surface area contributed by atoms with Crippen molar-refractivity contribution in [3.05, 3.63) is 156 Å². The SMILES string of the molecule is Cc1ccc(-c2ccccc2)cc1-c1cc(C(C)(C)C)cc[n+]1-[n+]1ccccc1-c1cc2ccc3ccccc3c2cc1C. The van der Waals surface area contributed by atoms with E-state index in [1.165, 1.54) is 60.5 Å². The molecule has 2 heterocycles. The van der Waals surface area contributed by atoms with Crippen molar-refractivity contribution in [3.8, 4) is 33.6 Å². The first kappa shape index (κ1) is 27.7. The molecule has 0 saturated heterocycles. The van der Waals surface area contributed by atoms with E-state index < -0.39 is 0 Å². The van der Waals surface area contributed by atoms with Crippen LogP contribution in [0.3, 0.4) is 0 Å². The summed E-state index contributed by atoms with van der Waals surface area (Å²) in [7, 11) is 0. The average molecular weight is 571 g/mol. The van der Waals surface area contributed by atoms with Gasteiger partial charge < -0.3 is 0 Å². The van der Waals surface area contributed by atoms with Crippen LogP contribution in [0.5, 0.6) is 0 Å². The van der Waals surface area contributed by atoms with Crippen LogP contribution in [0.1, 0.15) is 37.5 Å². The summed E-state index contributed by atoms with van der Waals surface area (Å²) < 4.78 is 4.61. The van der Waals surface area contributed by atoms with E-state index in [1.54, 1.807) is 0 Å².